The van der Waals surface area contributed by atoms with Gasteiger partial charge in [0.1, 0.15) is 12.4 Å². The van der Waals surface area contributed by atoms with Crippen molar-refractivity contribution < 1.29 is 14.6 Å². The molecule has 0 aliphatic rings. The highest BCUT2D eigenvalue weighted by atomic mass is 16.5. The molecule has 3 nitrogen and oxygen atoms in total. The van der Waals surface area contributed by atoms with Gasteiger partial charge in [0.15, 0.2) is 0 Å². The SMILES string of the molecule is C/C=C/COc1cccc(CC(=O)O)c1. The molecule has 0 aliphatic carbocycles. The minimum atomic E-state index is -0.833. The summed E-state index contributed by atoms with van der Waals surface area (Å²) in [5.74, 6) is -0.132. The highest BCUT2D eigenvalue weighted by Gasteiger charge is 2.01. The smallest absolute Gasteiger partial charge is 0.307 e. The molecular formula is C12H14O3. The van der Waals surface area contributed by atoms with Gasteiger partial charge in [0.25, 0.3) is 0 Å². The summed E-state index contributed by atoms with van der Waals surface area (Å²) in [5, 5.41) is 8.62. The number of hydrogen-bond donors (Lipinski definition) is 1. The number of benzene rings is 1. The van der Waals surface area contributed by atoms with Crippen LogP contribution in [0, 0.1) is 0 Å². The molecule has 0 aliphatic heterocycles. The van der Waals surface area contributed by atoms with E-state index < -0.39 is 5.97 Å². The minimum Gasteiger partial charge on any atom is -0.490 e. The van der Waals surface area contributed by atoms with Crippen molar-refractivity contribution in [2.75, 3.05) is 6.61 Å². The van der Waals surface area contributed by atoms with Crippen LogP contribution in [-0.2, 0) is 11.2 Å². The van der Waals surface area contributed by atoms with E-state index in [1.54, 1.807) is 18.2 Å². The standard InChI is InChI=1S/C12H14O3/c1-2-3-7-15-11-6-4-5-10(8-11)9-12(13)14/h2-6,8H,7,9H2,1H3,(H,13,14)/b3-2+. The van der Waals surface area contributed by atoms with Gasteiger partial charge < -0.3 is 9.84 Å². The second-order valence-electron chi connectivity index (χ2n) is 3.10. The van der Waals surface area contributed by atoms with E-state index in [1.807, 2.05) is 25.1 Å². The van der Waals surface area contributed by atoms with E-state index in [2.05, 4.69) is 0 Å². The van der Waals surface area contributed by atoms with Crippen molar-refractivity contribution in [3.05, 3.63) is 42.0 Å². The maximum Gasteiger partial charge on any atom is 0.307 e. The van der Waals surface area contributed by atoms with Crippen LogP contribution in [0.5, 0.6) is 5.75 Å². The third kappa shape index (κ3) is 4.31. The predicted molar refractivity (Wildman–Crippen MR) is 58.1 cm³/mol. The molecule has 0 fully saturated rings. The normalized spacial score (nSPS) is 10.5. The summed E-state index contributed by atoms with van der Waals surface area (Å²) < 4.78 is 5.39. The molecular weight excluding hydrogens is 192 g/mol. The van der Waals surface area contributed by atoms with E-state index in [-0.39, 0.29) is 6.42 Å². The topological polar surface area (TPSA) is 46.5 Å². The van der Waals surface area contributed by atoms with Crippen LogP contribution in [0.25, 0.3) is 0 Å². The Labute approximate surface area is 89.0 Å². The third-order valence-corrected chi connectivity index (χ3v) is 1.84. The monoisotopic (exact) mass is 206 g/mol. The van der Waals surface area contributed by atoms with Gasteiger partial charge >= 0.3 is 5.97 Å². The highest BCUT2D eigenvalue weighted by molar-refractivity contribution is 5.70. The lowest BCUT2D eigenvalue weighted by atomic mass is 10.1. The first-order valence-corrected chi connectivity index (χ1v) is 4.77. The second-order valence-corrected chi connectivity index (χ2v) is 3.10. The van der Waals surface area contributed by atoms with Crippen molar-refractivity contribution >= 4 is 5.97 Å². The van der Waals surface area contributed by atoms with Gasteiger partial charge in [0.05, 0.1) is 6.42 Å². The van der Waals surface area contributed by atoms with Crippen LogP contribution in [0.2, 0.25) is 0 Å². The zero-order valence-electron chi connectivity index (χ0n) is 8.64. The summed E-state index contributed by atoms with van der Waals surface area (Å²) in [6.45, 7) is 2.43. The summed E-state index contributed by atoms with van der Waals surface area (Å²) in [4.78, 5) is 10.5. The van der Waals surface area contributed by atoms with Crippen LogP contribution in [0.4, 0.5) is 0 Å². The summed E-state index contributed by atoms with van der Waals surface area (Å²) in [6.07, 6.45) is 3.83. The number of carboxylic acids is 1. The zero-order chi connectivity index (χ0) is 11.1. The van der Waals surface area contributed by atoms with Crippen molar-refractivity contribution in [3.8, 4) is 5.75 Å². The first-order valence-electron chi connectivity index (χ1n) is 4.77. The molecule has 1 N–H and O–H groups in total. The Bertz CT molecular complexity index is 356. The van der Waals surface area contributed by atoms with E-state index in [4.69, 9.17) is 9.84 Å². The second kappa shape index (κ2) is 5.86. The van der Waals surface area contributed by atoms with Gasteiger partial charge in [-0.2, -0.15) is 0 Å². The van der Waals surface area contributed by atoms with Gasteiger partial charge in [-0.1, -0.05) is 24.3 Å². The molecule has 0 amide bonds. The molecule has 0 unspecified atom stereocenters. The van der Waals surface area contributed by atoms with Crippen molar-refractivity contribution in [1.29, 1.82) is 0 Å². The van der Waals surface area contributed by atoms with Crippen LogP contribution < -0.4 is 4.74 Å². The van der Waals surface area contributed by atoms with E-state index in [9.17, 15) is 4.79 Å². The molecule has 1 aromatic rings. The Balaban J connectivity index is 2.61. The first-order chi connectivity index (χ1) is 7.22. The molecule has 0 spiro atoms. The van der Waals surface area contributed by atoms with E-state index in [0.29, 0.717) is 12.4 Å². The molecule has 80 valence electrons. The number of aliphatic carboxylic acids is 1. The number of carbonyl (C=O) groups is 1. The van der Waals surface area contributed by atoms with E-state index in [1.165, 1.54) is 0 Å². The molecule has 1 rings (SSSR count). The van der Waals surface area contributed by atoms with Crippen LogP contribution in [0.3, 0.4) is 0 Å². The van der Waals surface area contributed by atoms with E-state index in [0.717, 1.165) is 5.56 Å². The third-order valence-electron chi connectivity index (χ3n) is 1.84. The largest absolute Gasteiger partial charge is 0.490 e. The van der Waals surface area contributed by atoms with Crippen molar-refractivity contribution in [2.45, 2.75) is 13.3 Å². The Morgan fingerprint density at radius 3 is 3.00 bits per heavy atom. The Morgan fingerprint density at radius 2 is 2.33 bits per heavy atom. The summed E-state index contributed by atoms with van der Waals surface area (Å²) in [6, 6.07) is 7.13. The molecule has 1 aromatic carbocycles. The quantitative estimate of drug-likeness (QED) is 0.752. The van der Waals surface area contributed by atoms with Gasteiger partial charge in [-0.25, -0.2) is 0 Å². The fraction of sp³-hybridized carbons (Fsp3) is 0.250. The average Bonchev–Trinajstić information content (AvgIpc) is 2.18. The number of hydrogen-bond acceptors (Lipinski definition) is 2. The molecule has 0 heterocycles. The molecule has 0 saturated heterocycles. The van der Waals surface area contributed by atoms with Gasteiger partial charge in [0.2, 0.25) is 0 Å². The summed E-state index contributed by atoms with van der Waals surface area (Å²) in [7, 11) is 0. The van der Waals surface area contributed by atoms with Crippen LogP contribution in [0.15, 0.2) is 36.4 Å². The fourth-order valence-corrected chi connectivity index (χ4v) is 1.16. The van der Waals surface area contributed by atoms with E-state index >= 15 is 0 Å². The Hall–Kier alpha value is -1.77. The zero-order valence-corrected chi connectivity index (χ0v) is 8.64. The first kappa shape index (κ1) is 11.3. The lowest BCUT2D eigenvalue weighted by molar-refractivity contribution is -0.136. The maximum absolute atomic E-state index is 10.5. The molecule has 0 aromatic heterocycles. The molecule has 0 atom stereocenters. The molecule has 15 heavy (non-hydrogen) atoms. The summed E-state index contributed by atoms with van der Waals surface area (Å²) >= 11 is 0. The minimum absolute atomic E-state index is 0.0286. The predicted octanol–water partition coefficient (Wildman–Crippen LogP) is 2.27. The highest BCUT2D eigenvalue weighted by Crippen LogP contribution is 2.13. The number of ether oxygens (including phenoxy) is 1. The van der Waals surface area contributed by atoms with Gasteiger partial charge in [-0.05, 0) is 24.6 Å². The molecule has 3 heteroatoms. The maximum atomic E-state index is 10.5. The molecule has 0 radical (unpaired) electrons. The molecule has 0 saturated carbocycles. The van der Waals surface area contributed by atoms with Gasteiger partial charge in [-0.3, -0.25) is 4.79 Å². The van der Waals surface area contributed by atoms with Gasteiger partial charge in [0, 0.05) is 0 Å². The van der Waals surface area contributed by atoms with Crippen molar-refractivity contribution in [1.82, 2.24) is 0 Å². The average molecular weight is 206 g/mol. The van der Waals surface area contributed by atoms with Crippen LogP contribution in [-0.4, -0.2) is 17.7 Å². The summed E-state index contributed by atoms with van der Waals surface area (Å²) in [5.41, 5.74) is 0.750. The number of rotatable bonds is 5. The Morgan fingerprint density at radius 1 is 1.53 bits per heavy atom. The van der Waals surface area contributed by atoms with Crippen LogP contribution in [0.1, 0.15) is 12.5 Å². The molecule has 0 bridgehead atoms. The van der Waals surface area contributed by atoms with Crippen LogP contribution >= 0.6 is 0 Å². The Kier molecular flexibility index (Phi) is 4.41. The lowest BCUT2D eigenvalue weighted by Gasteiger charge is -2.04. The fourth-order valence-electron chi connectivity index (χ4n) is 1.16. The van der Waals surface area contributed by atoms with Gasteiger partial charge in [-0.15, -0.1) is 0 Å². The number of carboxylic acid groups (broad SMARTS) is 1. The lowest BCUT2D eigenvalue weighted by Crippen LogP contribution is -2.00. The van der Waals surface area contributed by atoms with Crippen molar-refractivity contribution in [2.24, 2.45) is 0 Å². The van der Waals surface area contributed by atoms with Crippen molar-refractivity contribution in [3.63, 3.8) is 0 Å². The number of allylic oxidation sites excluding steroid dienone is 1.